The Balaban J connectivity index is 2.04. The Morgan fingerprint density at radius 1 is 1.56 bits per heavy atom. The number of aromatic nitrogens is 2. The smallest absolute Gasteiger partial charge is 0.254 e. The fourth-order valence-corrected chi connectivity index (χ4v) is 3.33. The van der Waals surface area contributed by atoms with E-state index in [0.717, 1.165) is 17.4 Å². The molecule has 100 valence electrons. The third-order valence-electron chi connectivity index (χ3n) is 3.90. The van der Waals surface area contributed by atoms with Crippen molar-refractivity contribution in [1.29, 1.82) is 0 Å². The molecule has 0 radical (unpaired) electrons. The molecule has 2 atom stereocenters. The molecule has 2 unspecified atom stereocenters. The first-order valence-corrected chi connectivity index (χ1v) is 7.61. The van der Waals surface area contributed by atoms with Gasteiger partial charge < -0.3 is 5.32 Å². The summed E-state index contributed by atoms with van der Waals surface area (Å²) in [6.07, 6.45) is 6.41. The van der Waals surface area contributed by atoms with Crippen LogP contribution in [0.5, 0.6) is 0 Å². The van der Waals surface area contributed by atoms with Crippen molar-refractivity contribution in [2.75, 3.05) is 5.33 Å². The number of hydrogen-bond acceptors (Lipinski definition) is 2. The standard InChI is InChI=1S/C13H20BrN3O/c1-9-11(8-15-17(9)2)13(18)16-12-6-4-3-5-10(12)7-14/h8,10,12H,3-7H2,1-2H3,(H,16,18). The van der Waals surface area contributed by atoms with Crippen LogP contribution >= 0.6 is 15.9 Å². The molecule has 1 amide bonds. The van der Waals surface area contributed by atoms with E-state index < -0.39 is 0 Å². The number of amides is 1. The predicted octanol–water partition coefficient (Wildman–Crippen LogP) is 2.41. The molecule has 1 heterocycles. The van der Waals surface area contributed by atoms with E-state index in [1.165, 1.54) is 19.3 Å². The van der Waals surface area contributed by atoms with Gasteiger partial charge in [0.15, 0.2) is 0 Å². The van der Waals surface area contributed by atoms with Crippen LogP contribution in [0.4, 0.5) is 0 Å². The summed E-state index contributed by atoms with van der Waals surface area (Å²) in [5, 5.41) is 8.25. The van der Waals surface area contributed by atoms with Crippen molar-refractivity contribution in [3.05, 3.63) is 17.5 Å². The van der Waals surface area contributed by atoms with Crippen LogP contribution in [-0.4, -0.2) is 27.1 Å². The Morgan fingerprint density at radius 3 is 2.89 bits per heavy atom. The molecule has 1 aliphatic carbocycles. The number of aryl methyl sites for hydroxylation is 1. The van der Waals surface area contributed by atoms with Crippen LogP contribution in [0, 0.1) is 12.8 Å². The molecular formula is C13H20BrN3O. The fourth-order valence-electron chi connectivity index (χ4n) is 2.55. The minimum absolute atomic E-state index is 0.0125. The Labute approximate surface area is 116 Å². The highest BCUT2D eigenvalue weighted by atomic mass is 79.9. The molecule has 4 nitrogen and oxygen atoms in total. The van der Waals surface area contributed by atoms with Crippen LogP contribution < -0.4 is 5.32 Å². The SMILES string of the molecule is Cc1c(C(=O)NC2CCCCC2CBr)cnn1C. The summed E-state index contributed by atoms with van der Waals surface area (Å²) in [5.41, 5.74) is 1.61. The second-order valence-electron chi connectivity index (χ2n) is 5.05. The zero-order chi connectivity index (χ0) is 13.1. The third-order valence-corrected chi connectivity index (χ3v) is 4.74. The molecule has 1 saturated carbocycles. The summed E-state index contributed by atoms with van der Waals surface area (Å²) < 4.78 is 1.73. The van der Waals surface area contributed by atoms with E-state index >= 15 is 0 Å². The van der Waals surface area contributed by atoms with Gasteiger partial charge in [-0.3, -0.25) is 9.48 Å². The van der Waals surface area contributed by atoms with E-state index in [1.807, 2.05) is 14.0 Å². The van der Waals surface area contributed by atoms with E-state index in [1.54, 1.807) is 10.9 Å². The first-order chi connectivity index (χ1) is 8.63. The number of nitrogens with zero attached hydrogens (tertiary/aromatic N) is 2. The molecular weight excluding hydrogens is 294 g/mol. The number of halogens is 1. The number of hydrogen-bond donors (Lipinski definition) is 1. The van der Waals surface area contributed by atoms with E-state index in [-0.39, 0.29) is 5.91 Å². The zero-order valence-electron chi connectivity index (χ0n) is 10.9. The monoisotopic (exact) mass is 313 g/mol. The molecule has 0 saturated heterocycles. The van der Waals surface area contributed by atoms with E-state index in [9.17, 15) is 4.79 Å². The highest BCUT2D eigenvalue weighted by Gasteiger charge is 2.26. The topological polar surface area (TPSA) is 46.9 Å². The van der Waals surface area contributed by atoms with Gasteiger partial charge in [0, 0.05) is 24.1 Å². The molecule has 18 heavy (non-hydrogen) atoms. The average molecular weight is 314 g/mol. The molecule has 0 bridgehead atoms. The lowest BCUT2D eigenvalue weighted by Gasteiger charge is -2.30. The summed E-state index contributed by atoms with van der Waals surface area (Å²) in [6.45, 7) is 1.92. The molecule has 0 spiro atoms. The minimum Gasteiger partial charge on any atom is -0.349 e. The van der Waals surface area contributed by atoms with Crippen molar-refractivity contribution in [1.82, 2.24) is 15.1 Å². The van der Waals surface area contributed by atoms with Crippen LogP contribution in [0.2, 0.25) is 0 Å². The zero-order valence-corrected chi connectivity index (χ0v) is 12.5. The molecule has 1 aliphatic rings. The van der Waals surface area contributed by atoms with Crippen molar-refractivity contribution in [3.63, 3.8) is 0 Å². The van der Waals surface area contributed by atoms with Crippen molar-refractivity contribution in [3.8, 4) is 0 Å². The normalized spacial score (nSPS) is 23.9. The van der Waals surface area contributed by atoms with Crippen LogP contribution in [0.3, 0.4) is 0 Å². The molecule has 1 aromatic heterocycles. The van der Waals surface area contributed by atoms with Gasteiger partial charge in [0.2, 0.25) is 0 Å². The molecule has 2 rings (SSSR count). The molecule has 0 aromatic carbocycles. The van der Waals surface area contributed by atoms with Crippen LogP contribution in [0.1, 0.15) is 41.7 Å². The average Bonchev–Trinajstić information content (AvgIpc) is 2.71. The summed E-state index contributed by atoms with van der Waals surface area (Å²) in [7, 11) is 1.86. The molecule has 0 aliphatic heterocycles. The number of carbonyl (C=O) groups is 1. The van der Waals surface area contributed by atoms with Gasteiger partial charge in [-0.25, -0.2) is 0 Å². The Hall–Kier alpha value is -0.840. The maximum absolute atomic E-state index is 12.2. The second-order valence-corrected chi connectivity index (χ2v) is 5.69. The summed E-state index contributed by atoms with van der Waals surface area (Å²) in [4.78, 5) is 12.2. The number of carbonyl (C=O) groups excluding carboxylic acids is 1. The van der Waals surface area contributed by atoms with Gasteiger partial charge in [0.05, 0.1) is 11.8 Å². The molecule has 1 fully saturated rings. The summed E-state index contributed by atoms with van der Waals surface area (Å²) >= 11 is 3.55. The van der Waals surface area contributed by atoms with Crippen LogP contribution in [0.25, 0.3) is 0 Å². The number of alkyl halides is 1. The highest BCUT2D eigenvalue weighted by Crippen LogP contribution is 2.26. The van der Waals surface area contributed by atoms with E-state index in [0.29, 0.717) is 17.5 Å². The van der Waals surface area contributed by atoms with Crippen molar-refractivity contribution >= 4 is 21.8 Å². The van der Waals surface area contributed by atoms with Gasteiger partial charge in [0.25, 0.3) is 5.91 Å². The van der Waals surface area contributed by atoms with Crippen molar-refractivity contribution < 1.29 is 4.79 Å². The molecule has 1 aromatic rings. The van der Waals surface area contributed by atoms with Crippen LogP contribution in [-0.2, 0) is 7.05 Å². The Morgan fingerprint density at radius 2 is 2.28 bits per heavy atom. The van der Waals surface area contributed by atoms with E-state index in [2.05, 4.69) is 26.3 Å². The van der Waals surface area contributed by atoms with Gasteiger partial charge >= 0.3 is 0 Å². The van der Waals surface area contributed by atoms with Gasteiger partial charge in [-0.2, -0.15) is 5.10 Å². The van der Waals surface area contributed by atoms with Gasteiger partial charge in [-0.15, -0.1) is 0 Å². The lowest BCUT2D eigenvalue weighted by molar-refractivity contribution is 0.0911. The van der Waals surface area contributed by atoms with E-state index in [4.69, 9.17) is 0 Å². The second kappa shape index (κ2) is 5.87. The Kier molecular flexibility index (Phi) is 4.43. The highest BCUT2D eigenvalue weighted by molar-refractivity contribution is 9.09. The predicted molar refractivity (Wildman–Crippen MR) is 75.0 cm³/mol. The number of rotatable bonds is 3. The maximum Gasteiger partial charge on any atom is 0.254 e. The number of nitrogens with one attached hydrogen (secondary N) is 1. The molecule has 5 heteroatoms. The quantitative estimate of drug-likeness (QED) is 0.871. The summed E-state index contributed by atoms with van der Waals surface area (Å²) in [5.74, 6) is 0.568. The largest absolute Gasteiger partial charge is 0.349 e. The lowest BCUT2D eigenvalue weighted by Crippen LogP contribution is -2.42. The van der Waals surface area contributed by atoms with Crippen LogP contribution in [0.15, 0.2) is 6.20 Å². The van der Waals surface area contributed by atoms with Gasteiger partial charge in [0.1, 0.15) is 0 Å². The third kappa shape index (κ3) is 2.76. The van der Waals surface area contributed by atoms with Gasteiger partial charge in [-0.1, -0.05) is 28.8 Å². The summed E-state index contributed by atoms with van der Waals surface area (Å²) in [6, 6.07) is 0.297. The molecule has 1 N–H and O–H groups in total. The Bertz CT molecular complexity index is 430. The first-order valence-electron chi connectivity index (χ1n) is 6.49. The lowest BCUT2D eigenvalue weighted by atomic mass is 9.86. The fraction of sp³-hybridized carbons (Fsp3) is 0.692. The van der Waals surface area contributed by atoms with Gasteiger partial charge in [-0.05, 0) is 25.7 Å². The first kappa shape index (κ1) is 13.6. The minimum atomic E-state index is 0.0125. The van der Waals surface area contributed by atoms with Crippen molar-refractivity contribution in [2.24, 2.45) is 13.0 Å². The van der Waals surface area contributed by atoms with Crippen molar-refractivity contribution in [2.45, 2.75) is 38.6 Å². The maximum atomic E-state index is 12.2.